The van der Waals surface area contributed by atoms with E-state index in [9.17, 15) is 0 Å². The van der Waals surface area contributed by atoms with E-state index in [1.807, 2.05) is 28.9 Å². The Bertz CT molecular complexity index is 585. The normalized spacial score (nSPS) is 12.6. The SMILES string of the molecule is c1csc(CC(NCCc2cnc[nH]2)c2cccs2)c1. The lowest BCUT2D eigenvalue weighted by atomic mass is 10.1. The van der Waals surface area contributed by atoms with Crippen LogP contribution in [0.5, 0.6) is 0 Å². The molecular formula is C15H17N3S2. The molecule has 3 aromatic rings. The summed E-state index contributed by atoms with van der Waals surface area (Å²) in [6.45, 7) is 0.954. The highest BCUT2D eigenvalue weighted by atomic mass is 32.1. The van der Waals surface area contributed by atoms with Gasteiger partial charge in [-0.2, -0.15) is 0 Å². The summed E-state index contributed by atoms with van der Waals surface area (Å²) in [7, 11) is 0. The van der Waals surface area contributed by atoms with Gasteiger partial charge in [0.15, 0.2) is 0 Å². The smallest absolute Gasteiger partial charge is 0.0921 e. The second kappa shape index (κ2) is 6.83. The molecule has 3 rings (SSSR count). The lowest BCUT2D eigenvalue weighted by Crippen LogP contribution is -2.24. The first kappa shape index (κ1) is 13.5. The molecule has 0 aromatic carbocycles. The van der Waals surface area contributed by atoms with E-state index in [2.05, 4.69) is 50.3 Å². The zero-order valence-electron chi connectivity index (χ0n) is 11.1. The molecule has 0 aliphatic heterocycles. The molecule has 5 heteroatoms. The summed E-state index contributed by atoms with van der Waals surface area (Å²) in [5.74, 6) is 0. The Balaban J connectivity index is 1.60. The highest BCUT2D eigenvalue weighted by Gasteiger charge is 2.13. The number of aromatic nitrogens is 2. The van der Waals surface area contributed by atoms with E-state index >= 15 is 0 Å². The molecule has 0 saturated heterocycles. The van der Waals surface area contributed by atoms with E-state index in [0.29, 0.717) is 6.04 Å². The Hall–Kier alpha value is -1.43. The quantitative estimate of drug-likeness (QED) is 0.699. The van der Waals surface area contributed by atoms with Crippen molar-refractivity contribution in [2.45, 2.75) is 18.9 Å². The van der Waals surface area contributed by atoms with Gasteiger partial charge in [-0.15, -0.1) is 22.7 Å². The second-order valence-electron chi connectivity index (χ2n) is 4.63. The third-order valence-corrected chi connectivity index (χ3v) is 5.10. The average molecular weight is 303 g/mol. The van der Waals surface area contributed by atoms with E-state index < -0.39 is 0 Å². The first-order valence-electron chi connectivity index (χ1n) is 6.68. The molecule has 0 fully saturated rings. The third kappa shape index (κ3) is 3.56. The van der Waals surface area contributed by atoms with Crippen LogP contribution in [0.2, 0.25) is 0 Å². The maximum absolute atomic E-state index is 4.05. The Labute approximate surface area is 126 Å². The lowest BCUT2D eigenvalue weighted by Gasteiger charge is -2.16. The standard InChI is InChI=1S/C15H17N3S2/c1-3-13(19-7-1)9-14(15-4-2-8-20-15)17-6-5-12-10-16-11-18-12/h1-4,7-8,10-11,14,17H,5-6,9H2,(H,16,18). The van der Waals surface area contributed by atoms with Crippen LogP contribution in [0.3, 0.4) is 0 Å². The Morgan fingerprint density at radius 1 is 1.20 bits per heavy atom. The van der Waals surface area contributed by atoms with E-state index in [4.69, 9.17) is 0 Å². The van der Waals surface area contributed by atoms with Gasteiger partial charge in [0, 0.05) is 47.1 Å². The summed E-state index contributed by atoms with van der Waals surface area (Å²) in [6.07, 6.45) is 5.66. The van der Waals surface area contributed by atoms with Crippen molar-refractivity contribution >= 4 is 22.7 Å². The Morgan fingerprint density at radius 2 is 2.10 bits per heavy atom. The van der Waals surface area contributed by atoms with Crippen molar-refractivity contribution < 1.29 is 0 Å². The Morgan fingerprint density at radius 3 is 2.80 bits per heavy atom. The average Bonchev–Trinajstić information content (AvgIpc) is 3.21. The van der Waals surface area contributed by atoms with Gasteiger partial charge in [0.1, 0.15) is 0 Å². The predicted octanol–water partition coefficient (Wildman–Crippen LogP) is 3.65. The summed E-state index contributed by atoms with van der Waals surface area (Å²) in [4.78, 5) is 10.0. The number of H-pyrrole nitrogens is 1. The van der Waals surface area contributed by atoms with Crippen LogP contribution in [0.4, 0.5) is 0 Å². The number of hydrogen-bond donors (Lipinski definition) is 2. The molecule has 3 nitrogen and oxygen atoms in total. The van der Waals surface area contributed by atoms with E-state index in [0.717, 1.165) is 19.4 Å². The first-order chi connectivity index (χ1) is 9.92. The highest BCUT2D eigenvalue weighted by molar-refractivity contribution is 7.10. The van der Waals surface area contributed by atoms with Gasteiger partial charge in [-0.1, -0.05) is 12.1 Å². The maximum atomic E-state index is 4.05. The van der Waals surface area contributed by atoms with Crippen LogP contribution in [0.25, 0.3) is 0 Å². The van der Waals surface area contributed by atoms with Crippen molar-refractivity contribution in [3.8, 4) is 0 Å². The molecule has 0 amide bonds. The molecule has 0 spiro atoms. The number of imidazole rings is 1. The van der Waals surface area contributed by atoms with Crippen molar-refractivity contribution in [1.29, 1.82) is 0 Å². The molecule has 0 saturated carbocycles. The topological polar surface area (TPSA) is 40.7 Å². The fourth-order valence-electron chi connectivity index (χ4n) is 2.20. The fourth-order valence-corrected chi connectivity index (χ4v) is 3.75. The van der Waals surface area contributed by atoms with Crippen LogP contribution >= 0.6 is 22.7 Å². The zero-order valence-corrected chi connectivity index (χ0v) is 12.7. The van der Waals surface area contributed by atoms with Gasteiger partial charge in [-0.3, -0.25) is 0 Å². The summed E-state index contributed by atoms with van der Waals surface area (Å²) in [6, 6.07) is 9.07. The molecule has 0 bridgehead atoms. The van der Waals surface area contributed by atoms with Crippen LogP contribution < -0.4 is 5.32 Å². The van der Waals surface area contributed by atoms with Crippen LogP contribution in [-0.2, 0) is 12.8 Å². The van der Waals surface area contributed by atoms with Crippen LogP contribution in [0.1, 0.15) is 21.5 Å². The highest BCUT2D eigenvalue weighted by Crippen LogP contribution is 2.24. The summed E-state index contributed by atoms with van der Waals surface area (Å²) in [5, 5.41) is 7.96. The van der Waals surface area contributed by atoms with Crippen LogP contribution in [0.15, 0.2) is 47.5 Å². The van der Waals surface area contributed by atoms with Crippen LogP contribution in [0, 0.1) is 0 Å². The van der Waals surface area contributed by atoms with Gasteiger partial charge in [0.2, 0.25) is 0 Å². The molecule has 1 unspecified atom stereocenters. The van der Waals surface area contributed by atoms with Crippen molar-refractivity contribution in [3.05, 3.63) is 63.0 Å². The number of nitrogens with zero attached hydrogens (tertiary/aromatic N) is 1. The van der Waals surface area contributed by atoms with Gasteiger partial charge >= 0.3 is 0 Å². The molecule has 20 heavy (non-hydrogen) atoms. The number of aromatic amines is 1. The van der Waals surface area contributed by atoms with Crippen molar-refractivity contribution in [2.75, 3.05) is 6.54 Å². The van der Waals surface area contributed by atoms with Crippen molar-refractivity contribution in [3.63, 3.8) is 0 Å². The fraction of sp³-hybridized carbons (Fsp3) is 0.267. The third-order valence-electron chi connectivity index (χ3n) is 3.21. The maximum Gasteiger partial charge on any atom is 0.0921 e. The molecule has 0 radical (unpaired) electrons. The molecule has 3 heterocycles. The number of thiophene rings is 2. The monoisotopic (exact) mass is 303 g/mol. The largest absolute Gasteiger partial charge is 0.348 e. The predicted molar refractivity (Wildman–Crippen MR) is 85.4 cm³/mol. The minimum Gasteiger partial charge on any atom is -0.348 e. The summed E-state index contributed by atoms with van der Waals surface area (Å²) < 4.78 is 0. The zero-order chi connectivity index (χ0) is 13.6. The minimum atomic E-state index is 0.400. The van der Waals surface area contributed by atoms with Gasteiger partial charge in [-0.25, -0.2) is 4.98 Å². The van der Waals surface area contributed by atoms with Gasteiger partial charge in [0.25, 0.3) is 0 Å². The molecular weight excluding hydrogens is 286 g/mol. The molecule has 1 atom stereocenters. The molecule has 0 aliphatic rings. The lowest BCUT2D eigenvalue weighted by molar-refractivity contribution is 0.543. The first-order valence-corrected chi connectivity index (χ1v) is 8.44. The Kier molecular flexibility index (Phi) is 4.63. The minimum absolute atomic E-state index is 0.400. The van der Waals surface area contributed by atoms with Gasteiger partial charge in [-0.05, 0) is 22.9 Å². The van der Waals surface area contributed by atoms with E-state index in [-0.39, 0.29) is 0 Å². The second-order valence-corrected chi connectivity index (χ2v) is 6.64. The van der Waals surface area contributed by atoms with Crippen LogP contribution in [-0.4, -0.2) is 16.5 Å². The molecule has 3 aromatic heterocycles. The number of rotatable bonds is 7. The number of hydrogen-bond acceptors (Lipinski definition) is 4. The summed E-state index contributed by atoms with van der Waals surface area (Å²) in [5.41, 5.74) is 1.18. The van der Waals surface area contributed by atoms with Crippen molar-refractivity contribution in [1.82, 2.24) is 15.3 Å². The molecule has 2 N–H and O–H groups in total. The molecule has 0 aliphatic carbocycles. The number of nitrogens with one attached hydrogen (secondary N) is 2. The van der Waals surface area contributed by atoms with E-state index in [1.165, 1.54) is 15.4 Å². The van der Waals surface area contributed by atoms with E-state index in [1.54, 1.807) is 6.33 Å². The van der Waals surface area contributed by atoms with Gasteiger partial charge < -0.3 is 10.3 Å². The molecule has 104 valence electrons. The van der Waals surface area contributed by atoms with Crippen molar-refractivity contribution in [2.24, 2.45) is 0 Å². The van der Waals surface area contributed by atoms with Gasteiger partial charge in [0.05, 0.1) is 6.33 Å². The summed E-state index contributed by atoms with van der Waals surface area (Å²) >= 11 is 3.65.